The third-order valence-electron chi connectivity index (χ3n) is 4.04. The number of rotatable bonds is 5. The van der Waals surface area contributed by atoms with Gasteiger partial charge in [0, 0.05) is 23.4 Å². The van der Waals surface area contributed by atoms with Crippen molar-refractivity contribution in [2.45, 2.75) is 18.9 Å². The summed E-state index contributed by atoms with van der Waals surface area (Å²) in [7, 11) is 0. The van der Waals surface area contributed by atoms with Crippen molar-refractivity contribution in [1.29, 1.82) is 0 Å². The molecule has 0 unspecified atom stereocenters. The van der Waals surface area contributed by atoms with E-state index >= 15 is 0 Å². The van der Waals surface area contributed by atoms with Gasteiger partial charge in [-0.15, -0.1) is 0 Å². The van der Waals surface area contributed by atoms with Crippen LogP contribution in [0.3, 0.4) is 0 Å². The average molecular weight is 406 g/mol. The third-order valence-corrected chi connectivity index (χ3v) is 5.35. The summed E-state index contributed by atoms with van der Waals surface area (Å²) in [5, 5.41) is 7.89. The molecule has 0 aliphatic heterocycles. The Kier molecular flexibility index (Phi) is 4.40. The molecule has 0 saturated heterocycles. The van der Waals surface area contributed by atoms with E-state index in [4.69, 9.17) is 17.3 Å². The number of carbonyl (C=O) groups is 2. The molecule has 2 aromatic heterocycles. The summed E-state index contributed by atoms with van der Waals surface area (Å²) in [4.78, 5) is 27.3. The molecule has 1 aliphatic rings. The average Bonchev–Trinajstić information content (AvgIpc) is 3.11. The number of hydrogen-bond acceptors (Lipinski definition) is 5. The first kappa shape index (κ1) is 17.6. The summed E-state index contributed by atoms with van der Waals surface area (Å²) < 4.78 is 15.7. The highest BCUT2D eigenvalue weighted by atomic mass is 35.5. The Morgan fingerprint density at radius 2 is 2.11 bits per heavy atom. The van der Waals surface area contributed by atoms with Gasteiger partial charge in [0.05, 0.1) is 23.0 Å². The van der Waals surface area contributed by atoms with Gasteiger partial charge in [-0.3, -0.25) is 9.59 Å². The first-order valence-electron chi connectivity index (χ1n) is 8.03. The Morgan fingerprint density at radius 1 is 1.33 bits per heavy atom. The third kappa shape index (κ3) is 3.56. The second-order valence-corrected chi connectivity index (χ2v) is 7.52. The van der Waals surface area contributed by atoms with E-state index < -0.39 is 17.6 Å². The van der Waals surface area contributed by atoms with Crippen LogP contribution in [0, 0.1) is 5.82 Å². The monoisotopic (exact) mass is 405 g/mol. The topological polar surface area (TPSA) is 103 Å². The molecule has 4 rings (SSSR count). The Hall–Kier alpha value is -2.78. The lowest BCUT2D eigenvalue weighted by Crippen LogP contribution is -2.26. The molecule has 138 valence electrons. The number of nitrogens with one attached hydrogen (secondary N) is 1. The van der Waals surface area contributed by atoms with Crippen molar-refractivity contribution in [3.63, 3.8) is 0 Å². The van der Waals surface area contributed by atoms with Gasteiger partial charge in [-0.1, -0.05) is 22.9 Å². The van der Waals surface area contributed by atoms with E-state index in [-0.39, 0.29) is 21.6 Å². The number of hydrogen-bond donors (Lipinski definition) is 2. The molecule has 0 bridgehead atoms. The zero-order valence-electron chi connectivity index (χ0n) is 13.8. The molecule has 2 heterocycles. The van der Waals surface area contributed by atoms with Crippen molar-refractivity contribution >= 4 is 34.8 Å². The molecule has 7 nitrogen and oxygen atoms in total. The highest BCUT2D eigenvalue weighted by molar-refractivity contribution is 7.16. The van der Waals surface area contributed by atoms with E-state index in [1.54, 1.807) is 6.20 Å². The summed E-state index contributed by atoms with van der Waals surface area (Å²) in [5.74, 6) is -1.76. The summed E-state index contributed by atoms with van der Waals surface area (Å²) in [6.07, 6.45) is 6.47. The SMILES string of the molecule is NC(=O)c1ncc(-n2cc(-c3cc(C(=O)NC4CC4)c(F)cc3Cl)cn2)s1. The minimum atomic E-state index is -0.678. The second kappa shape index (κ2) is 6.75. The van der Waals surface area contributed by atoms with E-state index in [9.17, 15) is 14.0 Å². The van der Waals surface area contributed by atoms with E-state index in [1.165, 1.54) is 23.1 Å². The van der Waals surface area contributed by atoms with Crippen LogP contribution >= 0.6 is 22.9 Å². The summed E-state index contributed by atoms with van der Waals surface area (Å²) in [6.45, 7) is 0. The Labute approximate surface area is 162 Å². The number of aromatic nitrogens is 3. The molecular weight excluding hydrogens is 393 g/mol. The van der Waals surface area contributed by atoms with Crippen molar-refractivity contribution in [2.24, 2.45) is 5.73 Å². The highest BCUT2D eigenvalue weighted by Crippen LogP contribution is 2.31. The maximum absolute atomic E-state index is 14.2. The Morgan fingerprint density at radius 3 is 2.78 bits per heavy atom. The fraction of sp³-hybridized carbons (Fsp3) is 0.176. The fourth-order valence-electron chi connectivity index (χ4n) is 2.50. The van der Waals surface area contributed by atoms with Gasteiger partial charge in [0.1, 0.15) is 10.8 Å². The summed E-state index contributed by atoms with van der Waals surface area (Å²) in [6, 6.07) is 2.65. The number of nitrogens with zero attached hydrogens (tertiary/aromatic N) is 3. The molecule has 3 N–H and O–H groups in total. The molecular formula is C17H13ClFN5O2S. The molecule has 1 aliphatic carbocycles. The van der Waals surface area contributed by atoms with Gasteiger partial charge in [0.15, 0.2) is 5.01 Å². The zero-order valence-corrected chi connectivity index (χ0v) is 15.4. The van der Waals surface area contributed by atoms with Gasteiger partial charge in [-0.05, 0) is 25.0 Å². The number of nitrogens with two attached hydrogens (primary N) is 1. The van der Waals surface area contributed by atoms with Crippen molar-refractivity contribution in [3.8, 4) is 16.1 Å². The van der Waals surface area contributed by atoms with Gasteiger partial charge >= 0.3 is 0 Å². The van der Waals surface area contributed by atoms with E-state index in [2.05, 4.69) is 15.4 Å². The second-order valence-electron chi connectivity index (χ2n) is 6.10. The number of carbonyl (C=O) groups excluding carboxylic acids is 2. The molecule has 1 fully saturated rings. The highest BCUT2D eigenvalue weighted by Gasteiger charge is 2.26. The predicted octanol–water partition coefficient (Wildman–Crippen LogP) is 2.78. The molecule has 1 saturated carbocycles. The predicted molar refractivity (Wildman–Crippen MR) is 98.6 cm³/mol. The fourth-order valence-corrected chi connectivity index (χ4v) is 3.47. The maximum Gasteiger partial charge on any atom is 0.277 e. The van der Waals surface area contributed by atoms with Crippen molar-refractivity contribution in [1.82, 2.24) is 20.1 Å². The van der Waals surface area contributed by atoms with Crippen molar-refractivity contribution in [2.75, 3.05) is 0 Å². The standard InChI is InChI=1S/C17H13ClFN5O2S/c18-12-4-13(19)11(16(26)23-9-1-2-9)3-10(12)8-5-22-24(7-8)14-6-21-17(27-14)15(20)25/h3-7,9H,1-2H2,(H2,20,25)(H,23,26). The smallest absolute Gasteiger partial charge is 0.277 e. The van der Waals surface area contributed by atoms with Crippen LogP contribution in [0.1, 0.15) is 33.0 Å². The van der Waals surface area contributed by atoms with Crippen LogP contribution in [0.2, 0.25) is 5.02 Å². The number of thiazole rings is 1. The van der Waals surface area contributed by atoms with Crippen LogP contribution in [-0.4, -0.2) is 32.6 Å². The van der Waals surface area contributed by atoms with Crippen LogP contribution < -0.4 is 11.1 Å². The molecule has 0 spiro atoms. The van der Waals surface area contributed by atoms with Gasteiger partial charge in [-0.2, -0.15) is 5.10 Å². The molecule has 0 radical (unpaired) electrons. The van der Waals surface area contributed by atoms with E-state index in [0.717, 1.165) is 30.2 Å². The van der Waals surface area contributed by atoms with Crippen LogP contribution in [0.4, 0.5) is 4.39 Å². The lowest BCUT2D eigenvalue weighted by atomic mass is 10.0. The van der Waals surface area contributed by atoms with Crippen molar-refractivity contribution in [3.05, 3.63) is 52.1 Å². The molecule has 1 aromatic carbocycles. The number of benzene rings is 1. The van der Waals surface area contributed by atoms with E-state index in [1.807, 2.05) is 0 Å². The normalized spacial score (nSPS) is 13.6. The molecule has 2 amide bonds. The lowest BCUT2D eigenvalue weighted by molar-refractivity contribution is 0.0945. The van der Waals surface area contributed by atoms with Crippen LogP contribution in [0.15, 0.2) is 30.7 Å². The Balaban J connectivity index is 1.67. The summed E-state index contributed by atoms with van der Waals surface area (Å²) in [5.41, 5.74) is 6.21. The minimum absolute atomic E-state index is 0.0668. The first-order chi connectivity index (χ1) is 12.9. The van der Waals surface area contributed by atoms with E-state index in [0.29, 0.717) is 16.1 Å². The van der Waals surface area contributed by atoms with Crippen LogP contribution in [0.5, 0.6) is 0 Å². The largest absolute Gasteiger partial charge is 0.364 e. The summed E-state index contributed by atoms with van der Waals surface area (Å²) >= 11 is 7.27. The molecule has 0 atom stereocenters. The van der Waals surface area contributed by atoms with Crippen LogP contribution in [0.25, 0.3) is 16.1 Å². The van der Waals surface area contributed by atoms with Crippen LogP contribution in [-0.2, 0) is 0 Å². The lowest BCUT2D eigenvalue weighted by Gasteiger charge is -2.08. The minimum Gasteiger partial charge on any atom is -0.364 e. The first-order valence-corrected chi connectivity index (χ1v) is 9.23. The molecule has 3 aromatic rings. The van der Waals surface area contributed by atoms with Gasteiger partial charge in [-0.25, -0.2) is 14.1 Å². The van der Waals surface area contributed by atoms with Gasteiger partial charge in [0.25, 0.3) is 11.8 Å². The van der Waals surface area contributed by atoms with Gasteiger partial charge in [0.2, 0.25) is 0 Å². The number of halogens is 2. The number of amides is 2. The quantitative estimate of drug-likeness (QED) is 0.681. The molecule has 10 heteroatoms. The van der Waals surface area contributed by atoms with Gasteiger partial charge < -0.3 is 11.1 Å². The molecule has 27 heavy (non-hydrogen) atoms. The van der Waals surface area contributed by atoms with Crippen molar-refractivity contribution < 1.29 is 14.0 Å². The maximum atomic E-state index is 14.2. The zero-order chi connectivity index (χ0) is 19.1. The Bertz CT molecular complexity index is 1060. The number of primary amides is 1.